The second kappa shape index (κ2) is 3.59. The normalized spacial score (nSPS) is 10.9. The van der Waals surface area contributed by atoms with E-state index in [2.05, 4.69) is 6.07 Å². The van der Waals surface area contributed by atoms with Gasteiger partial charge in [0.1, 0.15) is 0 Å². The minimum Gasteiger partial charge on any atom is -0.395 e. The van der Waals surface area contributed by atoms with E-state index in [1.54, 1.807) is 6.07 Å². The Bertz CT molecular complexity index is 336. The number of hydrogen-bond acceptors (Lipinski definition) is 2. The first-order valence-electron chi connectivity index (χ1n) is 4.21. The van der Waals surface area contributed by atoms with Gasteiger partial charge in [0, 0.05) is 5.41 Å². The van der Waals surface area contributed by atoms with Gasteiger partial charge in [-0.05, 0) is 17.7 Å². The third-order valence-electron chi connectivity index (χ3n) is 2.17. The fraction of sp³-hybridized carbons (Fsp3) is 0.364. The topological polar surface area (TPSA) is 44.0 Å². The zero-order chi connectivity index (χ0) is 9.90. The Kier molecular flexibility index (Phi) is 2.69. The standard InChI is InChI=1S/C11H13NO/c1-11(2,8-13)10-5-3-4-9(6-10)7-12/h3-6,13H,8H2,1-2H3. The molecule has 0 aliphatic heterocycles. The highest BCUT2D eigenvalue weighted by atomic mass is 16.3. The summed E-state index contributed by atoms with van der Waals surface area (Å²) in [6.07, 6.45) is 0. The Morgan fingerprint density at radius 3 is 2.69 bits per heavy atom. The molecule has 0 amide bonds. The molecule has 0 unspecified atom stereocenters. The van der Waals surface area contributed by atoms with Crippen molar-refractivity contribution in [3.63, 3.8) is 0 Å². The first kappa shape index (κ1) is 9.76. The lowest BCUT2D eigenvalue weighted by Gasteiger charge is -2.22. The highest BCUT2D eigenvalue weighted by Gasteiger charge is 2.19. The van der Waals surface area contributed by atoms with Crippen LogP contribution in [0.4, 0.5) is 0 Å². The van der Waals surface area contributed by atoms with E-state index < -0.39 is 0 Å². The average molecular weight is 175 g/mol. The van der Waals surface area contributed by atoms with Crippen LogP contribution in [0, 0.1) is 11.3 Å². The molecule has 2 heteroatoms. The summed E-state index contributed by atoms with van der Waals surface area (Å²) in [7, 11) is 0. The van der Waals surface area contributed by atoms with Crippen LogP contribution in [0.5, 0.6) is 0 Å². The summed E-state index contributed by atoms with van der Waals surface area (Å²) in [5.41, 5.74) is 1.36. The number of nitriles is 1. The summed E-state index contributed by atoms with van der Waals surface area (Å²) < 4.78 is 0. The SMILES string of the molecule is CC(C)(CO)c1cccc(C#N)c1. The van der Waals surface area contributed by atoms with E-state index >= 15 is 0 Å². The molecule has 0 radical (unpaired) electrons. The smallest absolute Gasteiger partial charge is 0.0991 e. The van der Waals surface area contributed by atoms with Crippen molar-refractivity contribution in [1.82, 2.24) is 0 Å². The van der Waals surface area contributed by atoms with Crippen molar-refractivity contribution in [2.24, 2.45) is 0 Å². The zero-order valence-corrected chi connectivity index (χ0v) is 7.91. The molecule has 2 nitrogen and oxygen atoms in total. The van der Waals surface area contributed by atoms with Gasteiger partial charge in [-0.15, -0.1) is 0 Å². The van der Waals surface area contributed by atoms with Crippen LogP contribution in [0.3, 0.4) is 0 Å². The van der Waals surface area contributed by atoms with Gasteiger partial charge >= 0.3 is 0 Å². The van der Waals surface area contributed by atoms with E-state index in [-0.39, 0.29) is 12.0 Å². The third-order valence-corrected chi connectivity index (χ3v) is 2.17. The van der Waals surface area contributed by atoms with Gasteiger partial charge in [-0.2, -0.15) is 5.26 Å². The molecule has 0 heterocycles. The van der Waals surface area contributed by atoms with Gasteiger partial charge < -0.3 is 5.11 Å². The van der Waals surface area contributed by atoms with E-state index in [0.717, 1.165) is 5.56 Å². The Morgan fingerprint density at radius 1 is 1.46 bits per heavy atom. The number of aliphatic hydroxyl groups is 1. The maximum atomic E-state index is 9.13. The predicted molar refractivity (Wildman–Crippen MR) is 51.3 cm³/mol. The van der Waals surface area contributed by atoms with Crippen molar-refractivity contribution in [3.8, 4) is 6.07 Å². The Balaban J connectivity index is 3.10. The molecule has 1 rings (SSSR count). The van der Waals surface area contributed by atoms with Gasteiger partial charge in [-0.3, -0.25) is 0 Å². The van der Waals surface area contributed by atoms with Crippen molar-refractivity contribution in [2.45, 2.75) is 19.3 Å². The lowest BCUT2D eigenvalue weighted by Crippen LogP contribution is -2.21. The van der Waals surface area contributed by atoms with Gasteiger partial charge in [0.25, 0.3) is 0 Å². The predicted octanol–water partition coefficient (Wildman–Crippen LogP) is 1.83. The molecule has 1 aromatic rings. The summed E-state index contributed by atoms with van der Waals surface area (Å²) in [6, 6.07) is 9.42. The van der Waals surface area contributed by atoms with E-state index in [9.17, 15) is 0 Å². The van der Waals surface area contributed by atoms with Crippen LogP contribution in [-0.4, -0.2) is 11.7 Å². The van der Waals surface area contributed by atoms with E-state index in [1.165, 1.54) is 0 Å². The molecule has 1 N–H and O–H groups in total. The largest absolute Gasteiger partial charge is 0.395 e. The molecule has 1 aromatic carbocycles. The van der Waals surface area contributed by atoms with Gasteiger partial charge in [0.2, 0.25) is 0 Å². The van der Waals surface area contributed by atoms with Gasteiger partial charge in [0.05, 0.1) is 18.2 Å². The molecule has 0 bridgehead atoms. The van der Waals surface area contributed by atoms with Gasteiger partial charge in [-0.25, -0.2) is 0 Å². The lowest BCUT2D eigenvalue weighted by atomic mass is 9.85. The Hall–Kier alpha value is -1.33. The van der Waals surface area contributed by atoms with E-state index in [1.807, 2.05) is 32.0 Å². The van der Waals surface area contributed by atoms with Crippen LogP contribution in [-0.2, 0) is 5.41 Å². The highest BCUT2D eigenvalue weighted by Crippen LogP contribution is 2.22. The minimum absolute atomic E-state index is 0.0852. The van der Waals surface area contributed by atoms with Gasteiger partial charge in [-0.1, -0.05) is 26.0 Å². The van der Waals surface area contributed by atoms with E-state index in [0.29, 0.717) is 5.56 Å². The molecular formula is C11H13NO. The summed E-state index contributed by atoms with van der Waals surface area (Å²) >= 11 is 0. The lowest BCUT2D eigenvalue weighted by molar-refractivity contribution is 0.218. The first-order chi connectivity index (χ1) is 6.10. The second-order valence-corrected chi connectivity index (χ2v) is 3.73. The highest BCUT2D eigenvalue weighted by molar-refractivity contribution is 5.36. The number of benzene rings is 1. The zero-order valence-electron chi connectivity index (χ0n) is 7.91. The molecule has 0 aromatic heterocycles. The van der Waals surface area contributed by atoms with Crippen LogP contribution in [0.25, 0.3) is 0 Å². The van der Waals surface area contributed by atoms with Crippen LogP contribution >= 0.6 is 0 Å². The van der Waals surface area contributed by atoms with Crippen molar-refractivity contribution < 1.29 is 5.11 Å². The van der Waals surface area contributed by atoms with Crippen molar-refractivity contribution in [2.75, 3.05) is 6.61 Å². The van der Waals surface area contributed by atoms with Gasteiger partial charge in [0.15, 0.2) is 0 Å². The maximum absolute atomic E-state index is 9.13. The summed E-state index contributed by atoms with van der Waals surface area (Å²) in [5, 5.41) is 17.8. The summed E-state index contributed by atoms with van der Waals surface area (Å²) in [5.74, 6) is 0. The molecular weight excluding hydrogens is 162 g/mol. The van der Waals surface area contributed by atoms with Crippen LogP contribution in [0.15, 0.2) is 24.3 Å². The Morgan fingerprint density at radius 2 is 2.15 bits per heavy atom. The molecule has 0 saturated heterocycles. The number of rotatable bonds is 2. The van der Waals surface area contributed by atoms with Crippen molar-refractivity contribution in [1.29, 1.82) is 5.26 Å². The quantitative estimate of drug-likeness (QED) is 0.745. The van der Waals surface area contributed by atoms with Crippen LogP contribution < -0.4 is 0 Å². The monoisotopic (exact) mass is 175 g/mol. The fourth-order valence-electron chi connectivity index (χ4n) is 1.10. The summed E-state index contributed by atoms with van der Waals surface area (Å²) in [6.45, 7) is 3.98. The minimum atomic E-state index is -0.271. The Labute approximate surface area is 78.4 Å². The van der Waals surface area contributed by atoms with Crippen LogP contribution in [0.2, 0.25) is 0 Å². The molecule has 68 valence electrons. The molecule has 13 heavy (non-hydrogen) atoms. The number of aliphatic hydroxyl groups excluding tert-OH is 1. The first-order valence-corrected chi connectivity index (χ1v) is 4.21. The second-order valence-electron chi connectivity index (χ2n) is 3.73. The molecule has 0 spiro atoms. The third kappa shape index (κ3) is 2.07. The fourth-order valence-corrected chi connectivity index (χ4v) is 1.10. The van der Waals surface area contributed by atoms with Crippen molar-refractivity contribution >= 4 is 0 Å². The van der Waals surface area contributed by atoms with E-state index in [4.69, 9.17) is 10.4 Å². The van der Waals surface area contributed by atoms with Crippen LogP contribution in [0.1, 0.15) is 25.0 Å². The molecule has 0 aliphatic rings. The number of nitrogens with zero attached hydrogens (tertiary/aromatic N) is 1. The summed E-state index contributed by atoms with van der Waals surface area (Å²) in [4.78, 5) is 0. The molecule has 0 saturated carbocycles. The number of hydrogen-bond donors (Lipinski definition) is 1. The molecule has 0 fully saturated rings. The molecule has 0 atom stereocenters. The average Bonchev–Trinajstić information content (AvgIpc) is 2.18. The maximum Gasteiger partial charge on any atom is 0.0991 e. The van der Waals surface area contributed by atoms with Crippen molar-refractivity contribution in [3.05, 3.63) is 35.4 Å². The molecule has 0 aliphatic carbocycles.